The fourth-order valence-corrected chi connectivity index (χ4v) is 1.53. The minimum absolute atomic E-state index is 0.104. The number of hydrogen-bond donors (Lipinski definition) is 1. The third kappa shape index (κ3) is 3.48. The van der Waals surface area contributed by atoms with E-state index < -0.39 is 27.2 Å². The lowest BCUT2D eigenvalue weighted by molar-refractivity contribution is -0.386. The highest BCUT2D eigenvalue weighted by atomic mass is 32.2. The molecule has 1 aromatic carbocycles. The molecule has 2 unspecified atom stereocenters. The van der Waals surface area contributed by atoms with Crippen molar-refractivity contribution >= 4 is 22.2 Å². The molecular weight excluding hydrogens is 247 g/mol. The molecule has 0 spiro atoms. The molecule has 1 aromatic rings. The van der Waals surface area contributed by atoms with Crippen LogP contribution in [-0.4, -0.2) is 27.2 Å². The maximum atomic E-state index is 13.2. The molecule has 94 valence electrons. The molecule has 0 radical (unpaired) electrons. The van der Waals surface area contributed by atoms with Crippen LogP contribution < -0.4 is 5.32 Å². The SMILES string of the molecule is CC(CNc1cccc(F)c1[N+](=O)[O-])S(C)=O. The third-order valence-corrected chi connectivity index (χ3v) is 3.62. The average molecular weight is 260 g/mol. The van der Waals surface area contributed by atoms with Crippen molar-refractivity contribution in [2.45, 2.75) is 12.2 Å². The predicted molar refractivity (Wildman–Crippen MR) is 65.1 cm³/mol. The van der Waals surface area contributed by atoms with Crippen molar-refractivity contribution < 1.29 is 13.5 Å². The number of nitro benzene ring substituents is 1. The number of nitrogens with one attached hydrogen (secondary N) is 1. The van der Waals surface area contributed by atoms with Crippen LogP contribution in [0.25, 0.3) is 0 Å². The van der Waals surface area contributed by atoms with Crippen LogP contribution in [0.5, 0.6) is 0 Å². The van der Waals surface area contributed by atoms with Crippen molar-refractivity contribution in [2.75, 3.05) is 18.1 Å². The van der Waals surface area contributed by atoms with E-state index in [1.54, 1.807) is 13.2 Å². The van der Waals surface area contributed by atoms with Crippen LogP contribution in [0, 0.1) is 15.9 Å². The van der Waals surface area contributed by atoms with Crippen molar-refractivity contribution in [3.05, 3.63) is 34.1 Å². The lowest BCUT2D eigenvalue weighted by atomic mass is 10.2. The molecule has 0 bridgehead atoms. The molecule has 0 aliphatic rings. The Morgan fingerprint density at radius 3 is 2.76 bits per heavy atom. The molecule has 2 atom stereocenters. The van der Waals surface area contributed by atoms with Gasteiger partial charge in [0, 0.05) is 28.9 Å². The molecule has 0 saturated heterocycles. The quantitative estimate of drug-likeness (QED) is 0.648. The zero-order chi connectivity index (χ0) is 13.0. The Labute approximate surface area is 101 Å². The van der Waals surface area contributed by atoms with Gasteiger partial charge < -0.3 is 5.32 Å². The van der Waals surface area contributed by atoms with Crippen LogP contribution in [0.3, 0.4) is 0 Å². The van der Waals surface area contributed by atoms with Gasteiger partial charge >= 0.3 is 5.69 Å². The third-order valence-electron chi connectivity index (χ3n) is 2.32. The Morgan fingerprint density at radius 1 is 1.59 bits per heavy atom. The maximum Gasteiger partial charge on any atom is 0.327 e. The van der Waals surface area contributed by atoms with Gasteiger partial charge in [-0.1, -0.05) is 6.07 Å². The van der Waals surface area contributed by atoms with E-state index in [-0.39, 0.29) is 17.5 Å². The van der Waals surface area contributed by atoms with E-state index in [1.165, 1.54) is 12.1 Å². The Bertz CT molecular complexity index is 453. The molecule has 0 aromatic heterocycles. The summed E-state index contributed by atoms with van der Waals surface area (Å²) in [5.74, 6) is -0.884. The number of anilines is 1. The first-order valence-electron chi connectivity index (χ1n) is 4.92. The van der Waals surface area contributed by atoms with E-state index in [0.717, 1.165) is 6.07 Å². The molecule has 1 rings (SSSR count). The molecule has 0 heterocycles. The van der Waals surface area contributed by atoms with Gasteiger partial charge in [0.1, 0.15) is 5.69 Å². The van der Waals surface area contributed by atoms with Gasteiger partial charge in [-0.25, -0.2) is 0 Å². The summed E-state index contributed by atoms with van der Waals surface area (Å²) >= 11 is 0. The first kappa shape index (κ1) is 13.6. The van der Waals surface area contributed by atoms with Crippen molar-refractivity contribution in [2.24, 2.45) is 0 Å². The summed E-state index contributed by atoms with van der Waals surface area (Å²) in [5.41, 5.74) is -0.478. The minimum atomic E-state index is -1.03. The van der Waals surface area contributed by atoms with Gasteiger partial charge in [0.15, 0.2) is 0 Å². The van der Waals surface area contributed by atoms with Gasteiger partial charge in [-0.2, -0.15) is 4.39 Å². The molecule has 0 saturated carbocycles. The van der Waals surface area contributed by atoms with E-state index in [2.05, 4.69) is 5.32 Å². The largest absolute Gasteiger partial charge is 0.378 e. The van der Waals surface area contributed by atoms with E-state index in [9.17, 15) is 18.7 Å². The molecule has 0 amide bonds. The van der Waals surface area contributed by atoms with Gasteiger partial charge in [-0.05, 0) is 19.1 Å². The molecule has 5 nitrogen and oxygen atoms in total. The summed E-state index contributed by atoms with van der Waals surface area (Å²) in [6.07, 6.45) is 1.55. The second kappa shape index (κ2) is 5.72. The number of nitrogens with zero attached hydrogens (tertiary/aromatic N) is 1. The summed E-state index contributed by atoms with van der Waals surface area (Å²) in [7, 11) is -1.03. The van der Waals surface area contributed by atoms with E-state index >= 15 is 0 Å². The number of nitro groups is 1. The summed E-state index contributed by atoms with van der Waals surface area (Å²) in [6.45, 7) is 2.03. The summed E-state index contributed by atoms with van der Waals surface area (Å²) < 4.78 is 24.4. The van der Waals surface area contributed by atoms with Gasteiger partial charge in [0.25, 0.3) is 0 Å². The number of halogens is 1. The van der Waals surface area contributed by atoms with Crippen molar-refractivity contribution in [3.8, 4) is 0 Å². The van der Waals surface area contributed by atoms with Crippen LogP contribution in [0.4, 0.5) is 15.8 Å². The van der Waals surface area contributed by atoms with Crippen LogP contribution in [0.2, 0.25) is 0 Å². The monoisotopic (exact) mass is 260 g/mol. The van der Waals surface area contributed by atoms with Gasteiger partial charge in [0.05, 0.1) is 4.92 Å². The van der Waals surface area contributed by atoms with E-state index in [0.29, 0.717) is 0 Å². The minimum Gasteiger partial charge on any atom is -0.378 e. The predicted octanol–water partition coefficient (Wildman–Crippen LogP) is 1.91. The lowest BCUT2D eigenvalue weighted by Gasteiger charge is -2.11. The average Bonchev–Trinajstić information content (AvgIpc) is 2.24. The summed E-state index contributed by atoms with van der Waals surface area (Å²) in [5, 5.41) is 13.3. The molecule has 0 aliphatic carbocycles. The van der Waals surface area contributed by atoms with E-state index in [1.807, 2.05) is 0 Å². The normalized spacial score (nSPS) is 14.1. The van der Waals surface area contributed by atoms with Gasteiger partial charge in [-0.15, -0.1) is 0 Å². The van der Waals surface area contributed by atoms with Gasteiger partial charge in [-0.3, -0.25) is 14.3 Å². The Balaban J connectivity index is 2.88. The van der Waals surface area contributed by atoms with Crippen LogP contribution in [0.1, 0.15) is 6.92 Å². The van der Waals surface area contributed by atoms with Crippen molar-refractivity contribution in [1.82, 2.24) is 0 Å². The molecular formula is C10H13FN2O3S. The van der Waals surface area contributed by atoms with Crippen LogP contribution >= 0.6 is 0 Å². The second-order valence-corrected chi connectivity index (χ2v) is 5.39. The fraction of sp³-hybridized carbons (Fsp3) is 0.400. The number of rotatable bonds is 5. The molecule has 17 heavy (non-hydrogen) atoms. The molecule has 0 aliphatic heterocycles. The highest BCUT2D eigenvalue weighted by Gasteiger charge is 2.20. The van der Waals surface area contributed by atoms with Crippen molar-refractivity contribution in [1.29, 1.82) is 0 Å². The maximum absolute atomic E-state index is 13.2. The number of benzene rings is 1. The van der Waals surface area contributed by atoms with Crippen LogP contribution in [0.15, 0.2) is 18.2 Å². The number of hydrogen-bond acceptors (Lipinski definition) is 4. The fourth-order valence-electron chi connectivity index (χ4n) is 1.21. The molecule has 1 N–H and O–H groups in total. The van der Waals surface area contributed by atoms with Crippen molar-refractivity contribution in [3.63, 3.8) is 0 Å². The van der Waals surface area contributed by atoms with Crippen LogP contribution in [-0.2, 0) is 10.8 Å². The lowest BCUT2D eigenvalue weighted by Crippen LogP contribution is -2.21. The first-order valence-corrected chi connectivity index (χ1v) is 6.54. The molecule has 0 fully saturated rings. The Kier molecular flexibility index (Phi) is 4.56. The van der Waals surface area contributed by atoms with Gasteiger partial charge in [0.2, 0.25) is 5.82 Å². The standard InChI is InChI=1S/C10H13FN2O3S/c1-7(17(2)16)6-12-9-5-3-4-8(11)10(9)13(14)15/h3-5,7,12H,6H2,1-2H3. The zero-order valence-corrected chi connectivity index (χ0v) is 10.3. The topological polar surface area (TPSA) is 72.2 Å². The smallest absolute Gasteiger partial charge is 0.327 e. The molecule has 7 heteroatoms. The first-order chi connectivity index (χ1) is 7.93. The van der Waals surface area contributed by atoms with E-state index in [4.69, 9.17) is 0 Å². The highest BCUT2D eigenvalue weighted by Crippen LogP contribution is 2.27. The zero-order valence-electron chi connectivity index (χ0n) is 9.47. The second-order valence-electron chi connectivity index (χ2n) is 3.58. The highest BCUT2D eigenvalue weighted by molar-refractivity contribution is 7.84. The number of para-hydroxylation sites is 1. The summed E-state index contributed by atoms with van der Waals surface area (Å²) in [4.78, 5) is 9.91. The Morgan fingerprint density at radius 2 is 2.24 bits per heavy atom. The summed E-state index contributed by atoms with van der Waals surface area (Å²) in [6, 6.07) is 3.84. The Hall–Kier alpha value is -1.50.